The molecular formula is C31H38N6O4. The van der Waals surface area contributed by atoms with Gasteiger partial charge in [-0.1, -0.05) is 18.2 Å². The lowest BCUT2D eigenvalue weighted by Gasteiger charge is -2.22. The first-order chi connectivity index (χ1) is 19.6. The van der Waals surface area contributed by atoms with E-state index in [1.54, 1.807) is 6.20 Å². The largest absolute Gasteiger partial charge is 0.490 e. The number of carbonyl (C=O) groups excluding carboxylic acids is 1. The van der Waals surface area contributed by atoms with Crippen LogP contribution >= 0.6 is 0 Å². The molecule has 2 aromatic carbocycles. The predicted molar refractivity (Wildman–Crippen MR) is 158 cm³/mol. The Morgan fingerprint density at radius 1 is 1.15 bits per heavy atom. The smallest absolute Gasteiger partial charge is 0.258 e. The summed E-state index contributed by atoms with van der Waals surface area (Å²) in [5.41, 5.74) is 1.94. The van der Waals surface area contributed by atoms with Crippen molar-refractivity contribution in [3.63, 3.8) is 0 Å². The third kappa shape index (κ3) is 7.32. The fourth-order valence-electron chi connectivity index (χ4n) is 4.68. The second-order valence-electron chi connectivity index (χ2n) is 11.5. The first-order valence-electron chi connectivity index (χ1n) is 14.1. The number of benzene rings is 2. The molecule has 1 atom stereocenters. The van der Waals surface area contributed by atoms with Crippen molar-refractivity contribution in [3.8, 4) is 22.9 Å². The lowest BCUT2D eigenvalue weighted by Crippen LogP contribution is -2.43. The summed E-state index contributed by atoms with van der Waals surface area (Å²) in [5, 5.41) is 11.7. The molecule has 216 valence electrons. The molecule has 41 heavy (non-hydrogen) atoms. The first-order valence-corrected chi connectivity index (χ1v) is 14.1. The molecule has 4 aromatic rings. The number of rotatable bonds is 9. The molecule has 0 aliphatic carbocycles. The lowest BCUT2D eigenvalue weighted by molar-refractivity contribution is -0.124. The molecule has 10 heteroatoms. The fraction of sp³-hybridized carbons (Fsp3) is 0.419. The Morgan fingerprint density at radius 2 is 1.98 bits per heavy atom. The highest BCUT2D eigenvalue weighted by Gasteiger charge is 2.19. The van der Waals surface area contributed by atoms with E-state index in [1.807, 2.05) is 88.0 Å². The molecular weight excluding hydrogens is 520 g/mol. The van der Waals surface area contributed by atoms with Crippen LogP contribution in [0.5, 0.6) is 11.5 Å². The maximum atomic E-state index is 12.3. The second-order valence-corrected chi connectivity index (χ2v) is 11.5. The molecule has 3 heterocycles. The van der Waals surface area contributed by atoms with Crippen molar-refractivity contribution in [2.24, 2.45) is 0 Å². The minimum atomic E-state index is -0.331. The third-order valence-corrected chi connectivity index (χ3v) is 6.34. The molecule has 0 spiro atoms. The van der Waals surface area contributed by atoms with Crippen LogP contribution in [0.1, 0.15) is 60.1 Å². The third-order valence-electron chi connectivity index (χ3n) is 6.34. The summed E-state index contributed by atoms with van der Waals surface area (Å²) in [6.45, 7) is 10.4. The molecule has 0 saturated carbocycles. The molecule has 1 aliphatic heterocycles. The van der Waals surface area contributed by atoms with E-state index in [-0.39, 0.29) is 30.4 Å². The number of nitrogens with one attached hydrogen (secondary N) is 2. The van der Waals surface area contributed by atoms with Crippen molar-refractivity contribution in [1.82, 2.24) is 25.1 Å². The Morgan fingerprint density at radius 3 is 2.73 bits per heavy atom. The molecule has 1 fully saturated rings. The van der Waals surface area contributed by atoms with Crippen molar-refractivity contribution in [2.45, 2.75) is 71.8 Å². The van der Waals surface area contributed by atoms with Gasteiger partial charge in [-0.2, -0.15) is 5.10 Å². The zero-order valence-electron chi connectivity index (χ0n) is 24.3. The number of anilines is 2. The Kier molecular flexibility index (Phi) is 8.39. The van der Waals surface area contributed by atoms with Crippen molar-refractivity contribution in [3.05, 3.63) is 54.9 Å². The van der Waals surface area contributed by atoms with E-state index in [2.05, 4.69) is 15.7 Å². The van der Waals surface area contributed by atoms with E-state index in [0.29, 0.717) is 23.1 Å². The predicted octanol–water partition coefficient (Wildman–Crippen LogP) is 6.02. The van der Waals surface area contributed by atoms with Crippen molar-refractivity contribution < 1.29 is 19.0 Å². The molecule has 2 N–H and O–H groups in total. The lowest BCUT2D eigenvalue weighted by atomic mass is 10.1. The Labute approximate surface area is 240 Å². The van der Waals surface area contributed by atoms with Gasteiger partial charge in [-0.25, -0.2) is 14.6 Å². The summed E-state index contributed by atoms with van der Waals surface area (Å²) >= 11 is 0. The Bertz CT molecular complexity index is 1500. The van der Waals surface area contributed by atoms with Crippen LogP contribution < -0.4 is 20.1 Å². The summed E-state index contributed by atoms with van der Waals surface area (Å²) in [4.78, 5) is 22.1. The van der Waals surface area contributed by atoms with Gasteiger partial charge in [0.1, 0.15) is 23.5 Å². The van der Waals surface area contributed by atoms with Crippen LogP contribution in [0.3, 0.4) is 0 Å². The van der Waals surface area contributed by atoms with Crippen molar-refractivity contribution in [1.29, 1.82) is 0 Å². The van der Waals surface area contributed by atoms with E-state index < -0.39 is 0 Å². The van der Waals surface area contributed by atoms with Gasteiger partial charge < -0.3 is 24.8 Å². The van der Waals surface area contributed by atoms with E-state index in [1.165, 1.54) is 0 Å². The van der Waals surface area contributed by atoms with E-state index in [9.17, 15) is 4.79 Å². The number of carbonyl (C=O) groups is 1. The van der Waals surface area contributed by atoms with Crippen molar-refractivity contribution >= 4 is 28.3 Å². The van der Waals surface area contributed by atoms with Crippen LogP contribution in [0, 0.1) is 0 Å². The van der Waals surface area contributed by atoms with Crippen LogP contribution in [0.25, 0.3) is 22.3 Å². The molecule has 5 rings (SSSR count). The van der Waals surface area contributed by atoms with Gasteiger partial charge in [0.25, 0.3) is 5.91 Å². The van der Waals surface area contributed by atoms with Crippen LogP contribution in [0.2, 0.25) is 0 Å². The van der Waals surface area contributed by atoms with Crippen LogP contribution in [-0.2, 0) is 9.53 Å². The number of nitrogens with zero attached hydrogens (tertiary/aromatic N) is 4. The number of ether oxygens (including phenoxy) is 3. The molecule has 2 aromatic heterocycles. The highest BCUT2D eigenvalue weighted by Crippen LogP contribution is 2.35. The molecule has 1 aliphatic rings. The van der Waals surface area contributed by atoms with E-state index in [4.69, 9.17) is 24.2 Å². The van der Waals surface area contributed by atoms with Crippen LogP contribution in [0.4, 0.5) is 11.5 Å². The van der Waals surface area contributed by atoms with Gasteiger partial charge in [0.2, 0.25) is 0 Å². The van der Waals surface area contributed by atoms with Gasteiger partial charge in [-0.3, -0.25) is 4.79 Å². The molecule has 0 bridgehead atoms. The molecule has 1 saturated heterocycles. The summed E-state index contributed by atoms with van der Waals surface area (Å²) in [7, 11) is 0. The van der Waals surface area contributed by atoms with Gasteiger partial charge in [0, 0.05) is 17.7 Å². The number of amides is 1. The maximum Gasteiger partial charge on any atom is 0.258 e. The van der Waals surface area contributed by atoms with Gasteiger partial charge in [0.05, 0.1) is 35.1 Å². The maximum absolute atomic E-state index is 12.3. The standard InChI is InChI=1S/C31H38N6O4/c1-20(2)41-25-13-9-12-24-28(25)30(33-22-17-32-37(18-22)27-14-6-7-15-39-27)35-29(34-24)21-10-8-11-23(16-21)40-19-26(38)36-31(3,4)5/h8-13,16-18,20,27H,6-7,14-15,19H2,1-5H3,(H,36,38)(H,33,34,35). The topological polar surface area (TPSA) is 112 Å². The summed E-state index contributed by atoms with van der Waals surface area (Å²) in [6, 6.07) is 13.2. The number of hydrogen-bond donors (Lipinski definition) is 2. The number of aromatic nitrogens is 4. The van der Waals surface area contributed by atoms with Gasteiger partial charge >= 0.3 is 0 Å². The second kappa shape index (κ2) is 12.1. The summed E-state index contributed by atoms with van der Waals surface area (Å²) in [6.07, 6.45) is 6.75. The minimum absolute atomic E-state index is 0.0244. The van der Waals surface area contributed by atoms with Gasteiger partial charge in [-0.15, -0.1) is 0 Å². The zero-order valence-corrected chi connectivity index (χ0v) is 24.3. The average molecular weight is 559 g/mol. The SMILES string of the molecule is CC(C)Oc1cccc2nc(-c3cccc(OCC(=O)NC(C)(C)C)c3)nc(Nc3cnn(C4CCCCO4)c3)c12. The van der Waals surface area contributed by atoms with Gasteiger partial charge in [0.15, 0.2) is 12.4 Å². The summed E-state index contributed by atoms with van der Waals surface area (Å²) < 4.78 is 19.7. The van der Waals surface area contributed by atoms with Crippen molar-refractivity contribution in [2.75, 3.05) is 18.5 Å². The number of hydrogen-bond acceptors (Lipinski definition) is 8. The molecule has 1 unspecified atom stereocenters. The van der Waals surface area contributed by atoms with E-state index >= 15 is 0 Å². The van der Waals surface area contributed by atoms with E-state index in [0.717, 1.165) is 48.0 Å². The van der Waals surface area contributed by atoms with Crippen LogP contribution in [0.15, 0.2) is 54.9 Å². The monoisotopic (exact) mass is 558 g/mol. The first kappa shape index (κ1) is 28.4. The normalized spacial score (nSPS) is 15.6. The Balaban J connectivity index is 1.47. The quantitative estimate of drug-likeness (QED) is 0.257. The molecule has 1 amide bonds. The average Bonchev–Trinajstić information content (AvgIpc) is 3.40. The highest BCUT2D eigenvalue weighted by molar-refractivity contribution is 5.97. The summed E-state index contributed by atoms with van der Waals surface area (Å²) in [5.74, 6) is 2.16. The van der Waals surface area contributed by atoms with Gasteiger partial charge in [-0.05, 0) is 78.1 Å². The van der Waals surface area contributed by atoms with Crippen LogP contribution in [-0.4, -0.2) is 50.5 Å². The molecule has 0 radical (unpaired) electrons. The fourth-order valence-corrected chi connectivity index (χ4v) is 4.68. The Hall–Kier alpha value is -4.18. The molecule has 10 nitrogen and oxygen atoms in total. The number of fused-ring (bicyclic) bond motifs is 1. The zero-order chi connectivity index (χ0) is 29.0. The highest BCUT2D eigenvalue weighted by atomic mass is 16.5. The minimum Gasteiger partial charge on any atom is -0.490 e.